The third-order valence-electron chi connectivity index (χ3n) is 2.14. The number of hydrogen-bond donors (Lipinski definition) is 1. The minimum Gasteiger partial charge on any atom is -0.349 e. The number of hydrogen-bond acceptors (Lipinski definition) is 1. The molecule has 0 spiro atoms. The Morgan fingerprint density at radius 3 is 2.93 bits per heavy atom. The van der Waals surface area contributed by atoms with Crippen molar-refractivity contribution in [3.05, 3.63) is 52.5 Å². The summed E-state index contributed by atoms with van der Waals surface area (Å²) in [7, 11) is 0. The molecule has 2 aromatic rings. The lowest BCUT2D eigenvalue weighted by Crippen LogP contribution is -1.97. The van der Waals surface area contributed by atoms with Gasteiger partial charge in [-0.25, -0.2) is 4.98 Å². The topological polar surface area (TPSA) is 28.7 Å². The number of benzene rings is 1. The Bertz CT molecular complexity index is 426. The van der Waals surface area contributed by atoms with Crippen molar-refractivity contribution >= 4 is 31.9 Å². The van der Waals surface area contributed by atoms with E-state index in [0.29, 0.717) is 4.83 Å². The highest BCUT2D eigenvalue weighted by Crippen LogP contribution is 2.27. The average molecular weight is 330 g/mol. The monoisotopic (exact) mass is 328 g/mol. The van der Waals surface area contributed by atoms with E-state index in [4.69, 9.17) is 0 Å². The van der Waals surface area contributed by atoms with E-state index in [9.17, 15) is 0 Å². The van der Waals surface area contributed by atoms with E-state index in [0.717, 1.165) is 16.7 Å². The predicted octanol–water partition coefficient (Wildman–Crippen LogP) is 3.85. The number of aromatic nitrogens is 2. The van der Waals surface area contributed by atoms with Gasteiger partial charge >= 0.3 is 0 Å². The highest BCUT2D eigenvalue weighted by molar-refractivity contribution is 9.10. The zero-order valence-corrected chi connectivity index (χ0v) is 11.1. The molecule has 0 saturated carbocycles. The van der Waals surface area contributed by atoms with Crippen molar-refractivity contribution in [2.75, 3.05) is 0 Å². The molecule has 1 heterocycles. The third-order valence-corrected chi connectivity index (χ3v) is 3.48. The fourth-order valence-corrected chi connectivity index (χ4v) is 2.41. The van der Waals surface area contributed by atoms with Crippen LogP contribution in [0.1, 0.15) is 16.2 Å². The molecule has 0 radical (unpaired) electrons. The Hall–Kier alpha value is -0.610. The quantitative estimate of drug-likeness (QED) is 0.851. The van der Waals surface area contributed by atoms with Gasteiger partial charge in [-0.3, -0.25) is 0 Å². The van der Waals surface area contributed by atoms with Crippen molar-refractivity contribution in [3.63, 3.8) is 0 Å². The molecule has 0 bridgehead atoms. The van der Waals surface area contributed by atoms with Crippen LogP contribution in [-0.2, 0) is 6.42 Å². The molecule has 1 aromatic carbocycles. The van der Waals surface area contributed by atoms with Gasteiger partial charge in [-0.2, -0.15) is 0 Å². The fraction of sp³-hybridized carbons (Fsp3) is 0.182. The second kappa shape index (κ2) is 4.94. The first kappa shape index (κ1) is 10.9. The summed E-state index contributed by atoms with van der Waals surface area (Å²) in [5.41, 5.74) is 1.25. The Morgan fingerprint density at radius 2 is 2.27 bits per heavy atom. The molecule has 0 aliphatic carbocycles. The van der Waals surface area contributed by atoms with Gasteiger partial charge in [0.15, 0.2) is 0 Å². The fourth-order valence-electron chi connectivity index (χ4n) is 1.40. The van der Waals surface area contributed by atoms with Crippen molar-refractivity contribution in [2.45, 2.75) is 11.2 Å². The number of aromatic amines is 1. The second-order valence-corrected chi connectivity index (χ2v) is 5.28. The van der Waals surface area contributed by atoms with Crippen molar-refractivity contribution in [2.24, 2.45) is 0 Å². The number of imidazole rings is 1. The zero-order valence-electron chi connectivity index (χ0n) is 7.95. The van der Waals surface area contributed by atoms with Gasteiger partial charge in [0.25, 0.3) is 0 Å². The van der Waals surface area contributed by atoms with Crippen LogP contribution >= 0.6 is 31.9 Å². The maximum absolute atomic E-state index is 4.21. The van der Waals surface area contributed by atoms with Crippen LogP contribution in [0.3, 0.4) is 0 Å². The summed E-state index contributed by atoms with van der Waals surface area (Å²) in [6.45, 7) is 0. The lowest BCUT2D eigenvalue weighted by atomic mass is 10.1. The number of halogens is 2. The Morgan fingerprint density at radius 1 is 1.40 bits per heavy atom. The minimum absolute atomic E-state index is 0.293. The summed E-state index contributed by atoms with van der Waals surface area (Å²) in [6, 6.07) is 8.28. The number of nitrogens with zero attached hydrogens (tertiary/aromatic N) is 1. The predicted molar refractivity (Wildman–Crippen MR) is 68.1 cm³/mol. The smallest absolute Gasteiger partial charge is 0.107 e. The molecule has 0 fully saturated rings. The maximum Gasteiger partial charge on any atom is 0.107 e. The lowest BCUT2D eigenvalue weighted by Gasteiger charge is -2.08. The first-order chi connectivity index (χ1) is 7.25. The molecule has 0 aliphatic rings. The first-order valence-electron chi connectivity index (χ1n) is 4.63. The molecule has 0 saturated heterocycles. The highest BCUT2D eigenvalue weighted by atomic mass is 79.9. The van der Waals surface area contributed by atoms with Gasteiger partial charge in [-0.05, 0) is 17.7 Å². The molecule has 1 unspecified atom stereocenters. The zero-order chi connectivity index (χ0) is 10.7. The van der Waals surface area contributed by atoms with Gasteiger partial charge in [0.1, 0.15) is 5.82 Å². The number of alkyl halides is 1. The van der Waals surface area contributed by atoms with E-state index in [-0.39, 0.29) is 0 Å². The summed E-state index contributed by atoms with van der Waals surface area (Å²) in [4.78, 5) is 7.60. The molecule has 2 nitrogen and oxygen atoms in total. The van der Waals surface area contributed by atoms with Crippen molar-refractivity contribution < 1.29 is 0 Å². The molecule has 4 heteroatoms. The van der Waals surface area contributed by atoms with E-state index in [1.54, 1.807) is 6.20 Å². The standard InChI is InChI=1S/C11H10Br2N2/c12-9-3-1-2-8(6-9)10(13)7-11-14-4-5-15-11/h1-6,10H,7H2,(H,14,15). The Balaban J connectivity index is 2.11. The van der Waals surface area contributed by atoms with E-state index in [2.05, 4.69) is 54.0 Å². The first-order valence-corrected chi connectivity index (χ1v) is 6.34. The van der Waals surface area contributed by atoms with Crippen LogP contribution in [0.4, 0.5) is 0 Å². The van der Waals surface area contributed by atoms with Gasteiger partial charge in [0.05, 0.1) is 0 Å². The van der Waals surface area contributed by atoms with Crippen molar-refractivity contribution in [1.29, 1.82) is 0 Å². The summed E-state index contributed by atoms with van der Waals surface area (Å²) >= 11 is 7.12. The number of nitrogens with one attached hydrogen (secondary N) is 1. The second-order valence-electron chi connectivity index (χ2n) is 3.26. The van der Waals surface area contributed by atoms with Crippen LogP contribution in [-0.4, -0.2) is 9.97 Å². The van der Waals surface area contributed by atoms with Gasteiger partial charge < -0.3 is 4.98 Å². The SMILES string of the molecule is Brc1cccc(C(Br)Cc2ncc[nH]2)c1. The summed E-state index contributed by atoms with van der Waals surface area (Å²) in [5, 5.41) is 0. The van der Waals surface area contributed by atoms with Crippen LogP contribution in [0.15, 0.2) is 41.1 Å². The van der Waals surface area contributed by atoms with Gasteiger partial charge in [0, 0.05) is 28.1 Å². The molecule has 0 amide bonds. The molecule has 1 atom stereocenters. The maximum atomic E-state index is 4.21. The Kier molecular flexibility index (Phi) is 3.59. The van der Waals surface area contributed by atoms with E-state index < -0.39 is 0 Å². The molecule has 1 aromatic heterocycles. The molecule has 2 rings (SSSR count). The molecule has 78 valence electrons. The summed E-state index contributed by atoms with van der Waals surface area (Å²) < 4.78 is 1.10. The van der Waals surface area contributed by atoms with E-state index >= 15 is 0 Å². The van der Waals surface area contributed by atoms with Crippen LogP contribution in [0.5, 0.6) is 0 Å². The molecular weight excluding hydrogens is 320 g/mol. The van der Waals surface area contributed by atoms with Crippen LogP contribution in [0.25, 0.3) is 0 Å². The summed E-state index contributed by atoms with van der Waals surface area (Å²) in [5.74, 6) is 0.997. The largest absolute Gasteiger partial charge is 0.349 e. The van der Waals surface area contributed by atoms with E-state index in [1.807, 2.05) is 18.3 Å². The van der Waals surface area contributed by atoms with Gasteiger partial charge in [-0.15, -0.1) is 0 Å². The van der Waals surface area contributed by atoms with Crippen LogP contribution < -0.4 is 0 Å². The number of rotatable bonds is 3. The van der Waals surface area contributed by atoms with Crippen molar-refractivity contribution in [1.82, 2.24) is 9.97 Å². The summed E-state index contributed by atoms with van der Waals surface area (Å²) in [6.07, 6.45) is 4.48. The normalized spacial score (nSPS) is 12.7. The minimum atomic E-state index is 0.293. The van der Waals surface area contributed by atoms with E-state index in [1.165, 1.54) is 5.56 Å². The number of H-pyrrole nitrogens is 1. The highest BCUT2D eigenvalue weighted by Gasteiger charge is 2.09. The average Bonchev–Trinajstić information content (AvgIpc) is 2.70. The molecule has 1 N–H and O–H groups in total. The van der Waals surface area contributed by atoms with Gasteiger partial charge in [0.2, 0.25) is 0 Å². The van der Waals surface area contributed by atoms with Crippen LogP contribution in [0, 0.1) is 0 Å². The lowest BCUT2D eigenvalue weighted by molar-refractivity contribution is 0.876. The molecule has 0 aliphatic heterocycles. The third kappa shape index (κ3) is 2.92. The van der Waals surface area contributed by atoms with Gasteiger partial charge in [-0.1, -0.05) is 44.0 Å². The molecule has 15 heavy (non-hydrogen) atoms. The molecular formula is C11H10Br2N2. The van der Waals surface area contributed by atoms with Crippen LogP contribution in [0.2, 0.25) is 0 Å². The van der Waals surface area contributed by atoms with Crippen molar-refractivity contribution in [3.8, 4) is 0 Å². The Labute approximate surface area is 105 Å².